The van der Waals surface area contributed by atoms with Crippen molar-refractivity contribution in [1.29, 1.82) is 0 Å². The van der Waals surface area contributed by atoms with Gasteiger partial charge in [0.25, 0.3) is 0 Å². The number of rotatable bonds is 8. The Morgan fingerprint density at radius 2 is 2.23 bits per heavy atom. The monoisotopic (exact) mass is 410 g/mol. The molecular formula is C23H30N4O3. The second-order valence-corrected chi connectivity index (χ2v) is 8.35. The summed E-state index contributed by atoms with van der Waals surface area (Å²) in [4.78, 5) is 18.1. The third-order valence-corrected chi connectivity index (χ3v) is 5.74. The molecule has 0 saturated carbocycles. The summed E-state index contributed by atoms with van der Waals surface area (Å²) in [5.74, 6) is 2.27. The molecule has 160 valence electrons. The number of hydrogen-bond acceptors (Lipinski definition) is 6. The Balaban J connectivity index is 1.18. The van der Waals surface area contributed by atoms with E-state index < -0.39 is 6.10 Å². The molecule has 1 fully saturated rings. The number of β-amino-alcohol motifs (C(OH)–C–C–N with tert-alkyl or cyclic N) is 1. The van der Waals surface area contributed by atoms with Gasteiger partial charge in [0.05, 0.1) is 0 Å². The number of aliphatic hydroxyl groups excluding tert-OH is 1. The van der Waals surface area contributed by atoms with Gasteiger partial charge in [-0.15, -0.1) is 0 Å². The number of likely N-dealkylation sites (tertiary alicyclic amines) is 1. The van der Waals surface area contributed by atoms with Crippen molar-refractivity contribution >= 4 is 17.4 Å². The summed E-state index contributed by atoms with van der Waals surface area (Å²) < 4.78 is 5.80. The molecule has 4 rings (SSSR count). The number of benzene rings is 1. The van der Waals surface area contributed by atoms with Gasteiger partial charge in [-0.1, -0.05) is 0 Å². The lowest BCUT2D eigenvalue weighted by atomic mass is 10.0. The maximum absolute atomic E-state index is 11.5. The molecule has 1 saturated heterocycles. The van der Waals surface area contributed by atoms with Crippen LogP contribution in [0.3, 0.4) is 0 Å². The normalized spacial score (nSPS) is 19.8. The van der Waals surface area contributed by atoms with Crippen molar-refractivity contribution in [1.82, 2.24) is 9.88 Å². The van der Waals surface area contributed by atoms with Gasteiger partial charge in [0.15, 0.2) is 0 Å². The van der Waals surface area contributed by atoms with Gasteiger partial charge in [0.1, 0.15) is 24.3 Å². The average Bonchev–Trinajstić information content (AvgIpc) is 3.18. The fraction of sp³-hybridized carbons (Fsp3) is 0.478. The highest BCUT2D eigenvalue weighted by Gasteiger charge is 2.24. The van der Waals surface area contributed by atoms with Gasteiger partial charge in [0, 0.05) is 37.9 Å². The van der Waals surface area contributed by atoms with E-state index >= 15 is 0 Å². The lowest BCUT2D eigenvalue weighted by Crippen LogP contribution is -2.34. The van der Waals surface area contributed by atoms with Crippen LogP contribution in [0.2, 0.25) is 0 Å². The number of fused-ring (bicyclic) bond motifs is 1. The van der Waals surface area contributed by atoms with Crippen LogP contribution in [-0.2, 0) is 11.2 Å². The molecule has 2 atom stereocenters. The predicted octanol–water partition coefficient (Wildman–Crippen LogP) is 2.45. The number of aromatic nitrogens is 1. The van der Waals surface area contributed by atoms with Crippen LogP contribution in [-0.4, -0.2) is 59.8 Å². The topological polar surface area (TPSA) is 86.7 Å². The van der Waals surface area contributed by atoms with E-state index in [1.54, 1.807) is 0 Å². The molecule has 30 heavy (non-hydrogen) atoms. The minimum Gasteiger partial charge on any atom is -0.491 e. The van der Waals surface area contributed by atoms with E-state index in [1.165, 1.54) is 5.56 Å². The van der Waals surface area contributed by atoms with Crippen LogP contribution in [0.4, 0.5) is 11.5 Å². The molecule has 1 aromatic heterocycles. The van der Waals surface area contributed by atoms with Crippen LogP contribution in [0, 0.1) is 12.8 Å². The number of aryl methyl sites for hydroxylation is 2. The quantitative estimate of drug-likeness (QED) is 0.620. The van der Waals surface area contributed by atoms with Crippen molar-refractivity contribution in [2.75, 3.05) is 43.4 Å². The van der Waals surface area contributed by atoms with E-state index in [0.717, 1.165) is 55.3 Å². The zero-order valence-corrected chi connectivity index (χ0v) is 17.4. The largest absolute Gasteiger partial charge is 0.491 e. The third-order valence-electron chi connectivity index (χ3n) is 5.74. The molecule has 2 aromatic rings. The van der Waals surface area contributed by atoms with Crippen molar-refractivity contribution < 1.29 is 14.6 Å². The standard InChI is InChI=1S/C23H30N4O3/c1-16-6-8-24-22(10-16)25-12-17-7-9-27(13-17)14-19(28)15-30-20-3-4-21-18(11-20)2-5-23(29)26-21/h3-4,6,8,10-11,17,19,28H,2,5,7,9,12-15H2,1H3,(H,24,25)(H,26,29). The minimum absolute atomic E-state index is 0.0563. The molecule has 7 heteroatoms. The number of nitrogens with one attached hydrogen (secondary N) is 2. The van der Waals surface area contributed by atoms with Gasteiger partial charge >= 0.3 is 0 Å². The highest BCUT2D eigenvalue weighted by atomic mass is 16.5. The lowest BCUT2D eigenvalue weighted by molar-refractivity contribution is -0.116. The van der Waals surface area contributed by atoms with E-state index in [9.17, 15) is 9.90 Å². The van der Waals surface area contributed by atoms with Gasteiger partial charge in [-0.25, -0.2) is 4.98 Å². The summed E-state index contributed by atoms with van der Waals surface area (Å²) in [7, 11) is 0. The molecule has 2 aliphatic rings. The SMILES string of the molecule is Cc1ccnc(NCC2CCN(CC(O)COc3ccc4c(c3)CCC(=O)N4)C2)c1. The Hall–Kier alpha value is -2.64. The molecule has 3 N–H and O–H groups in total. The number of anilines is 2. The molecule has 2 aliphatic heterocycles. The second-order valence-electron chi connectivity index (χ2n) is 8.35. The third kappa shape index (κ3) is 5.49. The second kappa shape index (κ2) is 9.45. The number of ether oxygens (including phenoxy) is 1. The number of pyridine rings is 1. The average molecular weight is 411 g/mol. The van der Waals surface area contributed by atoms with E-state index in [-0.39, 0.29) is 12.5 Å². The maximum atomic E-state index is 11.5. The number of hydrogen-bond donors (Lipinski definition) is 3. The molecule has 1 aromatic carbocycles. The predicted molar refractivity (Wildman–Crippen MR) is 117 cm³/mol. The van der Waals surface area contributed by atoms with E-state index in [1.807, 2.05) is 30.5 Å². The summed E-state index contributed by atoms with van der Waals surface area (Å²) in [5.41, 5.74) is 3.14. The van der Waals surface area contributed by atoms with Gasteiger partial charge in [-0.05, 0) is 73.7 Å². The number of carbonyl (C=O) groups is 1. The number of amides is 1. The highest BCUT2D eigenvalue weighted by Crippen LogP contribution is 2.27. The molecular weight excluding hydrogens is 380 g/mol. The Kier molecular flexibility index (Phi) is 6.50. The van der Waals surface area contributed by atoms with Crippen LogP contribution < -0.4 is 15.4 Å². The van der Waals surface area contributed by atoms with Crippen molar-refractivity contribution in [3.63, 3.8) is 0 Å². The number of carbonyl (C=O) groups excluding carboxylic acids is 1. The number of aliphatic hydroxyl groups is 1. The zero-order valence-electron chi connectivity index (χ0n) is 17.4. The first-order valence-corrected chi connectivity index (χ1v) is 10.7. The Bertz CT molecular complexity index is 889. The fourth-order valence-electron chi connectivity index (χ4n) is 4.12. The van der Waals surface area contributed by atoms with Crippen molar-refractivity contribution in [3.05, 3.63) is 47.7 Å². The van der Waals surface area contributed by atoms with Gasteiger partial charge < -0.3 is 25.4 Å². The van der Waals surface area contributed by atoms with E-state index in [4.69, 9.17) is 4.74 Å². The van der Waals surface area contributed by atoms with Crippen molar-refractivity contribution in [3.8, 4) is 5.75 Å². The molecule has 0 spiro atoms. The van der Waals surface area contributed by atoms with Gasteiger partial charge in [-0.2, -0.15) is 0 Å². The van der Waals surface area contributed by atoms with Crippen molar-refractivity contribution in [2.45, 2.75) is 32.3 Å². The molecule has 0 bridgehead atoms. The molecule has 3 heterocycles. The van der Waals surface area contributed by atoms with Crippen LogP contribution >= 0.6 is 0 Å². The van der Waals surface area contributed by atoms with Crippen LogP contribution in [0.1, 0.15) is 24.0 Å². The molecule has 7 nitrogen and oxygen atoms in total. The fourth-order valence-corrected chi connectivity index (χ4v) is 4.12. The van der Waals surface area contributed by atoms with Crippen LogP contribution in [0.25, 0.3) is 0 Å². The lowest BCUT2D eigenvalue weighted by Gasteiger charge is -2.21. The first-order valence-electron chi connectivity index (χ1n) is 10.7. The Morgan fingerprint density at radius 3 is 3.10 bits per heavy atom. The van der Waals surface area contributed by atoms with Gasteiger partial charge in [-0.3, -0.25) is 4.79 Å². The molecule has 0 radical (unpaired) electrons. The van der Waals surface area contributed by atoms with E-state index in [0.29, 0.717) is 18.9 Å². The van der Waals surface area contributed by atoms with Crippen LogP contribution in [0.5, 0.6) is 5.75 Å². The summed E-state index contributed by atoms with van der Waals surface area (Å²) in [6.07, 6.45) is 3.63. The highest BCUT2D eigenvalue weighted by molar-refractivity contribution is 5.93. The summed E-state index contributed by atoms with van der Waals surface area (Å²) >= 11 is 0. The Morgan fingerprint density at radius 1 is 1.33 bits per heavy atom. The molecule has 0 aliphatic carbocycles. The number of nitrogens with zero attached hydrogens (tertiary/aromatic N) is 2. The minimum atomic E-state index is -0.536. The first kappa shape index (κ1) is 20.6. The first-order chi connectivity index (χ1) is 14.5. The van der Waals surface area contributed by atoms with E-state index in [2.05, 4.69) is 33.5 Å². The summed E-state index contributed by atoms with van der Waals surface area (Å²) in [6, 6.07) is 9.72. The summed E-state index contributed by atoms with van der Waals surface area (Å²) in [6.45, 7) is 5.79. The smallest absolute Gasteiger partial charge is 0.224 e. The molecule has 1 amide bonds. The van der Waals surface area contributed by atoms with Crippen LogP contribution in [0.15, 0.2) is 36.5 Å². The Labute approximate surface area is 177 Å². The zero-order chi connectivity index (χ0) is 20.9. The molecule has 2 unspecified atom stereocenters. The summed E-state index contributed by atoms with van der Waals surface area (Å²) in [5, 5.41) is 16.7. The van der Waals surface area contributed by atoms with Crippen molar-refractivity contribution in [2.24, 2.45) is 5.92 Å². The van der Waals surface area contributed by atoms with Gasteiger partial charge in [0.2, 0.25) is 5.91 Å². The maximum Gasteiger partial charge on any atom is 0.224 e.